The van der Waals surface area contributed by atoms with Crippen molar-refractivity contribution in [3.8, 4) is 11.1 Å². The lowest BCUT2D eigenvalue weighted by molar-refractivity contribution is 0.0690. The van der Waals surface area contributed by atoms with Crippen LogP contribution >= 0.6 is 0 Å². The van der Waals surface area contributed by atoms with Gasteiger partial charge in [0.2, 0.25) is 0 Å². The molecule has 0 saturated carbocycles. The van der Waals surface area contributed by atoms with Crippen LogP contribution in [0, 0.1) is 11.6 Å². The minimum Gasteiger partial charge on any atom is -0.478 e. The van der Waals surface area contributed by atoms with E-state index in [-0.39, 0.29) is 11.4 Å². The van der Waals surface area contributed by atoms with Gasteiger partial charge in [0.05, 0.1) is 11.8 Å². The van der Waals surface area contributed by atoms with Gasteiger partial charge in [-0.05, 0) is 17.7 Å². The molecule has 0 bridgehead atoms. The Hall–Kier alpha value is -2.44. The van der Waals surface area contributed by atoms with E-state index in [1.165, 1.54) is 6.20 Å². The zero-order valence-electron chi connectivity index (χ0n) is 8.37. The summed E-state index contributed by atoms with van der Waals surface area (Å²) in [6, 6.07) is 1.87. The van der Waals surface area contributed by atoms with Gasteiger partial charge in [0.15, 0.2) is 11.6 Å². The first-order chi connectivity index (χ1) is 8.00. The smallest absolute Gasteiger partial charge is 0.338 e. The van der Waals surface area contributed by atoms with Crippen LogP contribution < -0.4 is 5.73 Å². The van der Waals surface area contributed by atoms with E-state index in [0.29, 0.717) is 5.56 Å². The van der Waals surface area contributed by atoms with E-state index in [0.717, 1.165) is 12.1 Å². The minimum absolute atomic E-state index is 0.146. The van der Waals surface area contributed by atoms with Crippen LogP contribution in [0.15, 0.2) is 18.3 Å². The number of benzene rings is 1. The van der Waals surface area contributed by atoms with Gasteiger partial charge in [-0.3, -0.25) is 5.10 Å². The number of nitrogens with two attached hydrogens (primary N) is 1. The van der Waals surface area contributed by atoms with Crippen LogP contribution in [-0.2, 0) is 0 Å². The molecule has 0 fully saturated rings. The zero-order valence-corrected chi connectivity index (χ0v) is 8.37. The van der Waals surface area contributed by atoms with Crippen molar-refractivity contribution < 1.29 is 18.7 Å². The molecule has 1 aromatic heterocycles. The third kappa shape index (κ3) is 1.82. The average Bonchev–Trinajstić information content (AvgIpc) is 2.68. The number of carboxylic acid groups (broad SMARTS) is 1. The molecule has 0 saturated heterocycles. The number of carbonyl (C=O) groups is 1. The fourth-order valence-electron chi connectivity index (χ4n) is 1.43. The summed E-state index contributed by atoms with van der Waals surface area (Å²) in [6.45, 7) is 0. The number of carboxylic acids is 1. The molecule has 4 N–H and O–H groups in total. The van der Waals surface area contributed by atoms with E-state index in [1.807, 2.05) is 0 Å². The molecule has 17 heavy (non-hydrogen) atoms. The Morgan fingerprint density at radius 3 is 2.65 bits per heavy atom. The Balaban J connectivity index is 2.65. The molecule has 0 aliphatic rings. The maximum atomic E-state index is 13.2. The molecule has 0 unspecified atom stereocenters. The number of hydrogen-bond acceptors (Lipinski definition) is 3. The summed E-state index contributed by atoms with van der Waals surface area (Å²) < 4.78 is 26.4. The molecule has 1 heterocycles. The average molecular weight is 239 g/mol. The van der Waals surface area contributed by atoms with Gasteiger partial charge in [-0.1, -0.05) is 0 Å². The number of nitrogens with zero attached hydrogens (tertiary/aromatic N) is 1. The molecule has 1 aromatic carbocycles. The number of anilines is 1. The third-order valence-corrected chi connectivity index (χ3v) is 2.24. The van der Waals surface area contributed by atoms with E-state index in [2.05, 4.69) is 10.2 Å². The molecule has 0 radical (unpaired) electrons. The van der Waals surface area contributed by atoms with Crippen molar-refractivity contribution in [1.29, 1.82) is 0 Å². The fraction of sp³-hybridized carbons (Fsp3) is 0. The van der Waals surface area contributed by atoms with Gasteiger partial charge in [-0.2, -0.15) is 5.10 Å². The SMILES string of the molecule is Nc1[nH]ncc1-c1cc(F)c(F)c(C(=O)O)c1. The first kappa shape index (κ1) is 11.1. The topological polar surface area (TPSA) is 92.0 Å². The molecule has 5 nitrogen and oxygen atoms in total. The van der Waals surface area contributed by atoms with Gasteiger partial charge in [0, 0.05) is 5.56 Å². The highest BCUT2D eigenvalue weighted by Crippen LogP contribution is 2.27. The zero-order chi connectivity index (χ0) is 12.6. The summed E-state index contributed by atoms with van der Waals surface area (Å²) >= 11 is 0. The molecule has 2 rings (SSSR count). The molecule has 0 aliphatic heterocycles. The number of nitrogen functional groups attached to an aromatic ring is 1. The van der Waals surface area contributed by atoms with Crippen molar-refractivity contribution in [3.63, 3.8) is 0 Å². The second kappa shape index (κ2) is 3.85. The minimum atomic E-state index is -1.55. The van der Waals surface area contributed by atoms with Crippen LogP contribution in [0.4, 0.5) is 14.6 Å². The lowest BCUT2D eigenvalue weighted by Crippen LogP contribution is -2.03. The number of rotatable bonds is 2. The predicted molar refractivity (Wildman–Crippen MR) is 55.3 cm³/mol. The van der Waals surface area contributed by atoms with Gasteiger partial charge in [0.25, 0.3) is 0 Å². The summed E-state index contributed by atoms with van der Waals surface area (Å²) in [6.07, 6.45) is 1.30. The fourth-order valence-corrected chi connectivity index (χ4v) is 1.43. The summed E-state index contributed by atoms with van der Waals surface area (Å²) in [7, 11) is 0. The Morgan fingerprint density at radius 1 is 1.41 bits per heavy atom. The maximum absolute atomic E-state index is 13.2. The van der Waals surface area contributed by atoms with Gasteiger partial charge in [-0.15, -0.1) is 0 Å². The number of halogens is 2. The van der Waals surface area contributed by atoms with Gasteiger partial charge < -0.3 is 10.8 Å². The number of hydrogen-bond donors (Lipinski definition) is 3. The first-order valence-corrected chi connectivity index (χ1v) is 4.52. The van der Waals surface area contributed by atoms with Gasteiger partial charge >= 0.3 is 5.97 Å². The summed E-state index contributed by atoms with van der Waals surface area (Å²) in [5.41, 5.74) is 5.21. The van der Waals surface area contributed by atoms with Crippen molar-refractivity contribution in [2.75, 3.05) is 5.73 Å². The van der Waals surface area contributed by atoms with Crippen molar-refractivity contribution >= 4 is 11.8 Å². The number of H-pyrrole nitrogens is 1. The first-order valence-electron chi connectivity index (χ1n) is 4.52. The lowest BCUT2D eigenvalue weighted by Gasteiger charge is -2.04. The monoisotopic (exact) mass is 239 g/mol. The second-order valence-electron chi connectivity index (χ2n) is 3.32. The van der Waals surface area contributed by atoms with Crippen LogP contribution in [0.5, 0.6) is 0 Å². The van der Waals surface area contributed by atoms with Crippen molar-refractivity contribution in [1.82, 2.24) is 10.2 Å². The number of nitrogens with one attached hydrogen (secondary N) is 1. The molecule has 88 valence electrons. The summed E-state index contributed by atoms with van der Waals surface area (Å²) in [5.74, 6) is -4.05. The molecule has 2 aromatic rings. The summed E-state index contributed by atoms with van der Waals surface area (Å²) in [5, 5.41) is 14.7. The van der Waals surface area contributed by atoms with Crippen molar-refractivity contribution in [2.45, 2.75) is 0 Å². The van der Waals surface area contributed by atoms with Crippen LogP contribution in [-0.4, -0.2) is 21.3 Å². The molecule has 7 heteroatoms. The van der Waals surface area contributed by atoms with Crippen molar-refractivity contribution in [3.05, 3.63) is 35.5 Å². The molecule has 0 atom stereocenters. The van der Waals surface area contributed by atoms with Crippen LogP contribution in [0.2, 0.25) is 0 Å². The van der Waals surface area contributed by atoms with Crippen molar-refractivity contribution in [2.24, 2.45) is 0 Å². The largest absolute Gasteiger partial charge is 0.478 e. The normalized spacial score (nSPS) is 10.5. The molecule has 0 aliphatic carbocycles. The predicted octanol–water partition coefficient (Wildman–Crippen LogP) is 1.64. The van der Waals surface area contributed by atoms with E-state index < -0.39 is 23.2 Å². The Morgan fingerprint density at radius 2 is 2.12 bits per heavy atom. The highest BCUT2D eigenvalue weighted by Gasteiger charge is 2.18. The number of aromatic nitrogens is 2. The van der Waals surface area contributed by atoms with Crippen LogP contribution in [0.1, 0.15) is 10.4 Å². The van der Waals surface area contributed by atoms with E-state index in [9.17, 15) is 13.6 Å². The summed E-state index contributed by atoms with van der Waals surface area (Å²) in [4.78, 5) is 10.7. The highest BCUT2D eigenvalue weighted by atomic mass is 19.2. The van der Waals surface area contributed by atoms with Crippen LogP contribution in [0.25, 0.3) is 11.1 Å². The Bertz CT molecular complexity index is 595. The second-order valence-corrected chi connectivity index (χ2v) is 3.32. The Labute approximate surface area is 93.9 Å². The van der Waals surface area contributed by atoms with Gasteiger partial charge in [0.1, 0.15) is 5.82 Å². The third-order valence-electron chi connectivity index (χ3n) is 2.24. The highest BCUT2D eigenvalue weighted by molar-refractivity contribution is 5.90. The molecule has 0 amide bonds. The number of aromatic carboxylic acids is 1. The van der Waals surface area contributed by atoms with E-state index in [4.69, 9.17) is 10.8 Å². The quantitative estimate of drug-likeness (QED) is 0.742. The maximum Gasteiger partial charge on any atom is 0.338 e. The van der Waals surface area contributed by atoms with Crippen LogP contribution in [0.3, 0.4) is 0 Å². The standard InChI is InChI=1S/C10H7F2N3O2/c11-7-2-4(6-3-14-15-9(6)13)1-5(8(7)12)10(16)17/h1-3H,(H,16,17)(H3,13,14,15). The molecular formula is C10H7F2N3O2. The molecular weight excluding hydrogens is 232 g/mol. The Kier molecular flexibility index (Phi) is 2.51. The number of aromatic amines is 1. The molecule has 0 spiro atoms. The van der Waals surface area contributed by atoms with E-state index >= 15 is 0 Å². The lowest BCUT2D eigenvalue weighted by atomic mass is 10.0. The van der Waals surface area contributed by atoms with Gasteiger partial charge in [-0.25, -0.2) is 13.6 Å². The van der Waals surface area contributed by atoms with E-state index in [1.54, 1.807) is 0 Å².